The molecule has 1 rings (SSSR count). The highest BCUT2D eigenvalue weighted by molar-refractivity contribution is 6.17. The molecule has 0 atom stereocenters. The summed E-state index contributed by atoms with van der Waals surface area (Å²) in [5.74, 6) is -0.139. The summed E-state index contributed by atoms with van der Waals surface area (Å²) >= 11 is 5.57. The highest BCUT2D eigenvalue weighted by Crippen LogP contribution is 2.35. The van der Waals surface area contributed by atoms with Crippen molar-refractivity contribution in [3.8, 4) is 0 Å². The molecule has 0 aromatic heterocycles. The first-order chi connectivity index (χ1) is 9.25. The maximum atomic E-state index is 13.0. The van der Waals surface area contributed by atoms with Crippen LogP contribution in [0, 0.1) is 0 Å². The van der Waals surface area contributed by atoms with E-state index in [-0.39, 0.29) is 11.4 Å². The Hall–Kier alpha value is -0.940. The summed E-state index contributed by atoms with van der Waals surface area (Å²) in [6.07, 6.45) is -3.48. The van der Waals surface area contributed by atoms with Gasteiger partial charge in [-0.2, -0.15) is 13.2 Å². The molecule has 1 aromatic rings. The van der Waals surface area contributed by atoms with Crippen molar-refractivity contribution in [3.63, 3.8) is 0 Å². The van der Waals surface area contributed by atoms with Crippen LogP contribution in [0.2, 0.25) is 0 Å². The Balaban J connectivity index is 2.86. The molecule has 0 radical (unpaired) electrons. The minimum atomic E-state index is -4.37. The van der Waals surface area contributed by atoms with Crippen molar-refractivity contribution < 1.29 is 13.2 Å². The number of rotatable bonds is 6. The molecule has 6 heteroatoms. The van der Waals surface area contributed by atoms with E-state index in [1.165, 1.54) is 12.1 Å². The van der Waals surface area contributed by atoms with Gasteiger partial charge in [-0.25, -0.2) is 0 Å². The first kappa shape index (κ1) is 17.1. The zero-order valence-corrected chi connectivity index (χ0v) is 12.7. The largest absolute Gasteiger partial charge is 0.416 e. The molecule has 0 amide bonds. The van der Waals surface area contributed by atoms with Gasteiger partial charge in [0.05, 0.1) is 5.56 Å². The maximum Gasteiger partial charge on any atom is 0.416 e. The molecule has 0 N–H and O–H groups in total. The van der Waals surface area contributed by atoms with Crippen LogP contribution in [0.1, 0.15) is 17.5 Å². The van der Waals surface area contributed by atoms with Gasteiger partial charge in [-0.1, -0.05) is 6.07 Å². The first-order valence-corrected chi connectivity index (χ1v) is 6.91. The van der Waals surface area contributed by atoms with E-state index in [9.17, 15) is 13.2 Å². The highest BCUT2D eigenvalue weighted by atomic mass is 35.5. The Morgan fingerprint density at radius 2 is 1.75 bits per heavy atom. The van der Waals surface area contributed by atoms with Crippen molar-refractivity contribution in [2.75, 3.05) is 39.1 Å². The van der Waals surface area contributed by atoms with Crippen LogP contribution in [0.25, 0.3) is 0 Å². The molecule has 0 aliphatic rings. The van der Waals surface area contributed by atoms with Crippen LogP contribution in [0.15, 0.2) is 18.2 Å². The third-order valence-corrected chi connectivity index (χ3v) is 3.37. The minimum absolute atomic E-state index is 0.115. The highest BCUT2D eigenvalue weighted by Gasteiger charge is 2.33. The molecule has 0 spiro atoms. The van der Waals surface area contributed by atoms with Crippen LogP contribution in [-0.4, -0.2) is 39.1 Å². The zero-order chi connectivity index (χ0) is 15.3. The van der Waals surface area contributed by atoms with Gasteiger partial charge in [0.1, 0.15) is 0 Å². The van der Waals surface area contributed by atoms with E-state index >= 15 is 0 Å². The van der Waals surface area contributed by atoms with Crippen LogP contribution in [0.3, 0.4) is 0 Å². The number of alkyl halides is 4. The van der Waals surface area contributed by atoms with Crippen LogP contribution >= 0.6 is 11.6 Å². The smallest absolute Gasteiger partial charge is 0.375 e. The summed E-state index contributed by atoms with van der Waals surface area (Å²) in [4.78, 5) is 3.88. The molecule has 0 saturated heterocycles. The number of hydrogen-bond acceptors (Lipinski definition) is 2. The van der Waals surface area contributed by atoms with Crippen molar-refractivity contribution in [1.29, 1.82) is 0 Å². The van der Waals surface area contributed by atoms with E-state index in [1.807, 2.05) is 23.9 Å². The molecule has 0 heterocycles. The van der Waals surface area contributed by atoms with Crippen molar-refractivity contribution >= 4 is 17.3 Å². The van der Waals surface area contributed by atoms with Crippen molar-refractivity contribution in [1.82, 2.24) is 4.90 Å². The van der Waals surface area contributed by atoms with Crippen molar-refractivity contribution in [2.45, 2.75) is 18.5 Å². The van der Waals surface area contributed by atoms with Gasteiger partial charge in [0, 0.05) is 25.2 Å². The second kappa shape index (κ2) is 7.18. The maximum absolute atomic E-state index is 13.0. The fraction of sp³-hybridized carbons (Fsp3) is 0.571. The quantitative estimate of drug-likeness (QED) is 0.737. The van der Waals surface area contributed by atoms with Crippen LogP contribution < -0.4 is 4.90 Å². The number of hydrogen-bond donors (Lipinski definition) is 0. The fourth-order valence-electron chi connectivity index (χ4n) is 1.94. The monoisotopic (exact) mass is 308 g/mol. The van der Waals surface area contributed by atoms with Crippen molar-refractivity contribution in [2.24, 2.45) is 0 Å². The van der Waals surface area contributed by atoms with Gasteiger partial charge >= 0.3 is 6.18 Å². The van der Waals surface area contributed by atoms with E-state index < -0.39 is 11.7 Å². The third-order valence-electron chi connectivity index (χ3n) is 3.08. The van der Waals surface area contributed by atoms with Gasteiger partial charge in [-0.15, -0.1) is 11.6 Å². The molecular weight excluding hydrogens is 289 g/mol. The van der Waals surface area contributed by atoms with Crippen LogP contribution in [-0.2, 0) is 12.1 Å². The Bertz CT molecular complexity index is 433. The Morgan fingerprint density at radius 1 is 1.10 bits per heavy atom. The molecule has 0 aliphatic heterocycles. The molecule has 114 valence electrons. The summed E-state index contributed by atoms with van der Waals surface area (Å²) < 4.78 is 38.9. The minimum Gasteiger partial charge on any atom is -0.375 e. The summed E-state index contributed by atoms with van der Waals surface area (Å²) in [6, 6.07) is 4.31. The fourth-order valence-corrected chi connectivity index (χ4v) is 2.17. The van der Waals surface area contributed by atoms with Gasteiger partial charge in [0.15, 0.2) is 0 Å². The number of anilines is 1. The number of halogens is 4. The van der Waals surface area contributed by atoms with Crippen molar-refractivity contribution in [3.05, 3.63) is 29.3 Å². The molecule has 0 bridgehead atoms. The SMILES string of the molecule is CN(C)CCCN(C)c1ccc(CCl)c(C(F)(F)F)c1. The number of benzene rings is 1. The molecular formula is C14H20ClF3N2. The average molecular weight is 309 g/mol. The van der Waals surface area contributed by atoms with E-state index in [4.69, 9.17) is 11.6 Å². The second-order valence-corrected chi connectivity index (χ2v) is 5.32. The second-order valence-electron chi connectivity index (χ2n) is 5.05. The Morgan fingerprint density at radius 3 is 2.25 bits per heavy atom. The molecule has 0 saturated carbocycles. The van der Waals surface area contributed by atoms with Gasteiger partial charge < -0.3 is 9.80 Å². The van der Waals surface area contributed by atoms with Gasteiger partial charge in [0.2, 0.25) is 0 Å². The normalized spacial score (nSPS) is 12.0. The lowest BCUT2D eigenvalue weighted by atomic mass is 10.1. The predicted molar refractivity (Wildman–Crippen MR) is 77.4 cm³/mol. The number of nitrogens with zero attached hydrogens (tertiary/aromatic N) is 2. The van der Waals surface area contributed by atoms with Gasteiger partial charge in [-0.05, 0) is 44.8 Å². The summed E-state index contributed by atoms with van der Waals surface area (Å²) in [7, 11) is 5.74. The Labute approximate surface area is 123 Å². The molecule has 0 unspecified atom stereocenters. The zero-order valence-electron chi connectivity index (χ0n) is 12.0. The summed E-state index contributed by atoms with van der Waals surface area (Å²) in [6.45, 7) is 1.60. The lowest BCUT2D eigenvalue weighted by Gasteiger charge is -2.22. The lowest BCUT2D eigenvalue weighted by molar-refractivity contribution is -0.138. The topological polar surface area (TPSA) is 6.48 Å². The molecule has 2 nitrogen and oxygen atoms in total. The molecule has 20 heavy (non-hydrogen) atoms. The van der Waals surface area contributed by atoms with E-state index in [0.29, 0.717) is 12.2 Å². The first-order valence-electron chi connectivity index (χ1n) is 6.37. The summed E-state index contributed by atoms with van der Waals surface area (Å²) in [5.41, 5.74) is 0.0269. The molecule has 0 fully saturated rings. The average Bonchev–Trinajstić information content (AvgIpc) is 2.36. The lowest BCUT2D eigenvalue weighted by Crippen LogP contribution is -2.23. The van der Waals surface area contributed by atoms with E-state index in [2.05, 4.69) is 0 Å². The van der Waals surface area contributed by atoms with Crippen LogP contribution in [0.4, 0.5) is 18.9 Å². The predicted octanol–water partition coefficient (Wildman–Crippen LogP) is 3.83. The standard InChI is InChI=1S/C14H20ClF3N2/c1-19(2)7-4-8-20(3)12-6-5-11(10-15)13(9-12)14(16,17)18/h5-6,9H,4,7-8,10H2,1-3H3. The molecule has 0 aliphatic carbocycles. The van der Waals surface area contributed by atoms with E-state index in [1.54, 1.807) is 13.1 Å². The third kappa shape index (κ3) is 4.87. The van der Waals surface area contributed by atoms with Crippen LogP contribution in [0.5, 0.6) is 0 Å². The molecule has 1 aromatic carbocycles. The van der Waals surface area contributed by atoms with E-state index in [0.717, 1.165) is 13.0 Å². The Kier molecular flexibility index (Phi) is 6.14. The summed E-state index contributed by atoms with van der Waals surface area (Å²) in [5, 5.41) is 0. The van der Waals surface area contributed by atoms with Gasteiger partial charge in [-0.3, -0.25) is 0 Å². The van der Waals surface area contributed by atoms with Gasteiger partial charge in [0.25, 0.3) is 0 Å².